The van der Waals surface area contributed by atoms with E-state index in [1.807, 2.05) is 31.2 Å². The molecule has 13 nitrogen and oxygen atoms in total. The molecular weight excluding hydrogens is 886 g/mol. The van der Waals surface area contributed by atoms with Crippen molar-refractivity contribution in [3.05, 3.63) is 146 Å². The van der Waals surface area contributed by atoms with E-state index >= 15 is 0 Å². The van der Waals surface area contributed by atoms with Gasteiger partial charge in [0.2, 0.25) is 17.0 Å². The summed E-state index contributed by atoms with van der Waals surface area (Å²) in [6.45, 7) is 3.25. The Bertz CT molecular complexity index is 2570. The third kappa shape index (κ3) is 10.9. The number of amidine groups is 1. The van der Waals surface area contributed by atoms with Crippen LogP contribution in [0.1, 0.15) is 36.0 Å². The Morgan fingerprint density at radius 3 is 2.20 bits per heavy atom. The number of methoxy groups -OCH3 is 1. The monoisotopic (exact) mass is 918 g/mol. The van der Waals surface area contributed by atoms with Gasteiger partial charge in [-0.1, -0.05) is 99.6 Å². The zero-order valence-corrected chi connectivity index (χ0v) is 36.2. The maximum atomic E-state index is 14.5. The Morgan fingerprint density at radius 1 is 0.951 bits per heavy atom. The summed E-state index contributed by atoms with van der Waals surface area (Å²) in [5.41, 5.74) is 6.72. The predicted octanol–water partition coefficient (Wildman–Crippen LogP) is 9.53. The van der Waals surface area contributed by atoms with E-state index in [2.05, 4.69) is 26.8 Å². The molecule has 2 aliphatic heterocycles. The molecule has 61 heavy (non-hydrogen) atoms. The first-order valence-electron chi connectivity index (χ1n) is 18.2. The lowest BCUT2D eigenvalue weighted by molar-refractivity contribution is -0.140. The molecule has 18 heteroatoms. The molecule has 0 saturated carbocycles. The third-order valence-corrected chi connectivity index (χ3v) is 11.4. The van der Waals surface area contributed by atoms with Crippen molar-refractivity contribution < 1.29 is 32.4 Å². The summed E-state index contributed by atoms with van der Waals surface area (Å²) in [6.07, 6.45) is 0.242. The highest BCUT2D eigenvalue weighted by atomic mass is 35.5. The Hall–Kier alpha value is -5.95. The summed E-state index contributed by atoms with van der Waals surface area (Å²) >= 11 is 23.5. The normalized spacial score (nSPS) is 16.6. The van der Waals surface area contributed by atoms with Crippen LogP contribution in [0, 0.1) is 24.2 Å². The van der Waals surface area contributed by atoms with Crippen LogP contribution in [0.5, 0.6) is 11.5 Å². The molecule has 2 heterocycles. The van der Waals surface area contributed by atoms with E-state index in [-0.39, 0.29) is 61.3 Å². The molecular formula is C43H34Cl4N6O7S. The number of hydrogen-bond donors (Lipinski definition) is 2. The van der Waals surface area contributed by atoms with Gasteiger partial charge in [0.25, 0.3) is 5.91 Å². The highest BCUT2D eigenvalue weighted by molar-refractivity contribution is 7.81. The molecule has 5 aromatic carbocycles. The minimum absolute atomic E-state index is 0.0420. The Balaban J connectivity index is 0.000000374. The summed E-state index contributed by atoms with van der Waals surface area (Å²) in [5, 5.41) is 17.2. The molecule has 1 fully saturated rings. The number of amides is 2. The van der Waals surface area contributed by atoms with Crippen LogP contribution in [-0.2, 0) is 30.3 Å². The average Bonchev–Trinajstić information content (AvgIpc) is 3.80. The van der Waals surface area contributed by atoms with Crippen molar-refractivity contribution in [3.63, 3.8) is 0 Å². The minimum Gasteiger partial charge on any atom is -0.497 e. The van der Waals surface area contributed by atoms with Crippen LogP contribution in [0.3, 0.4) is 0 Å². The largest absolute Gasteiger partial charge is 0.497 e. The number of ether oxygens (including phenoxy) is 1. The molecule has 2 N–H and O–H groups in total. The maximum absolute atomic E-state index is 14.5. The van der Waals surface area contributed by atoms with E-state index in [0.29, 0.717) is 17.0 Å². The second-order valence-corrected chi connectivity index (χ2v) is 16.2. The molecule has 0 bridgehead atoms. The van der Waals surface area contributed by atoms with Gasteiger partial charge in [-0.2, -0.15) is 5.26 Å². The molecule has 5 aromatic rings. The first kappa shape index (κ1) is 44.6. The third-order valence-electron chi connectivity index (χ3n) is 9.12. The van der Waals surface area contributed by atoms with Crippen LogP contribution in [-0.4, -0.2) is 45.9 Å². The van der Waals surface area contributed by atoms with Gasteiger partial charge in [0.15, 0.2) is 5.25 Å². The SMILES string of the molecule is CC(=O)Nc1ccc(Cl)c(N=C2NN(c3c(Cl)cc(Cl)cc3Cl)C(=O)C2C(c2ccccc2)C(C#N)S(=O)Oc2ccc(C)cc2)c1.COc1ccc(C2=NOC(=O)C2)cc1. The number of carbonyl (C=O) groups is 3. The number of nitrogens with one attached hydrogen (secondary N) is 2. The number of hydrazine groups is 1. The van der Waals surface area contributed by atoms with Crippen LogP contribution in [0.2, 0.25) is 20.1 Å². The number of aliphatic imine (C=N–C) groups is 1. The second kappa shape index (κ2) is 20.1. The lowest BCUT2D eigenvalue weighted by Crippen LogP contribution is -2.38. The van der Waals surface area contributed by atoms with Gasteiger partial charge < -0.3 is 19.1 Å². The zero-order chi connectivity index (χ0) is 43.8. The minimum atomic E-state index is -2.26. The van der Waals surface area contributed by atoms with Gasteiger partial charge in [0.05, 0.1) is 46.1 Å². The molecule has 312 valence electrons. The van der Waals surface area contributed by atoms with Crippen LogP contribution in [0.4, 0.5) is 17.1 Å². The summed E-state index contributed by atoms with van der Waals surface area (Å²) in [4.78, 5) is 46.3. The molecule has 0 aliphatic carbocycles. The van der Waals surface area contributed by atoms with Crippen molar-refractivity contribution in [2.75, 3.05) is 17.4 Å². The zero-order valence-electron chi connectivity index (χ0n) is 32.4. The molecule has 4 unspecified atom stereocenters. The molecule has 0 radical (unpaired) electrons. The summed E-state index contributed by atoms with van der Waals surface area (Å²) in [5.74, 6) is -2.45. The van der Waals surface area contributed by atoms with E-state index in [0.717, 1.165) is 21.9 Å². The number of halogens is 4. The summed E-state index contributed by atoms with van der Waals surface area (Å²) < 4.78 is 24.6. The fraction of sp³-hybridized carbons (Fsp3) is 0.163. The number of rotatable bonds is 11. The first-order chi connectivity index (χ1) is 29.3. The van der Waals surface area contributed by atoms with Gasteiger partial charge >= 0.3 is 5.97 Å². The Morgan fingerprint density at radius 2 is 1.61 bits per heavy atom. The van der Waals surface area contributed by atoms with Crippen LogP contribution >= 0.6 is 46.4 Å². The molecule has 2 amide bonds. The van der Waals surface area contributed by atoms with Gasteiger partial charge in [0.1, 0.15) is 28.9 Å². The predicted molar refractivity (Wildman–Crippen MR) is 237 cm³/mol. The molecule has 7 rings (SSSR count). The quantitative estimate of drug-likeness (QED) is 0.122. The molecule has 4 atom stereocenters. The van der Waals surface area contributed by atoms with Crippen molar-refractivity contribution in [2.45, 2.75) is 31.4 Å². The Kier molecular flexibility index (Phi) is 14.7. The molecule has 1 saturated heterocycles. The van der Waals surface area contributed by atoms with Gasteiger partial charge in [-0.05, 0) is 79.2 Å². The fourth-order valence-corrected chi connectivity index (χ4v) is 8.47. The van der Waals surface area contributed by atoms with Gasteiger partial charge in [-0.25, -0.2) is 19.0 Å². The standard InChI is InChI=1S/C33H25Cl4N5O4S.C10H9NO3/c1-18-8-11-23(12-9-18)46-47(45)28(17-38)29(20-6-4-3-5-7-20)30-32(40-27-16-22(39-19(2)43)10-13-24(27)35)41-42(33(30)44)31-25(36)14-21(34)15-26(31)37;1-13-8-4-2-7(3-5-8)9-6-10(12)14-11-9/h3-16,28-30H,1-2H3,(H,39,43)(H,40,41);2-5H,6H2,1H3. The van der Waals surface area contributed by atoms with Crippen molar-refractivity contribution in [1.29, 1.82) is 5.26 Å². The van der Waals surface area contributed by atoms with Crippen molar-refractivity contribution in [1.82, 2.24) is 5.43 Å². The highest BCUT2D eigenvalue weighted by Crippen LogP contribution is 2.43. The highest BCUT2D eigenvalue weighted by Gasteiger charge is 2.50. The van der Waals surface area contributed by atoms with Crippen molar-refractivity contribution >= 4 is 104 Å². The number of nitriles is 1. The van der Waals surface area contributed by atoms with E-state index in [1.54, 1.807) is 73.8 Å². The summed E-state index contributed by atoms with van der Waals surface area (Å²) in [6, 6.07) is 32.5. The van der Waals surface area contributed by atoms with Crippen LogP contribution < -0.4 is 24.7 Å². The van der Waals surface area contributed by atoms with Crippen LogP contribution in [0.15, 0.2) is 119 Å². The maximum Gasteiger partial charge on any atom is 0.341 e. The van der Waals surface area contributed by atoms with Gasteiger partial charge in [-0.15, -0.1) is 0 Å². The lowest BCUT2D eigenvalue weighted by Gasteiger charge is -2.26. The van der Waals surface area contributed by atoms with Gasteiger partial charge in [0, 0.05) is 29.1 Å². The first-order valence-corrected chi connectivity index (χ1v) is 20.8. The van der Waals surface area contributed by atoms with E-state index in [4.69, 9.17) is 60.3 Å². The van der Waals surface area contributed by atoms with Crippen molar-refractivity contribution in [2.24, 2.45) is 16.1 Å². The van der Waals surface area contributed by atoms with Gasteiger partial charge in [-0.3, -0.25) is 15.0 Å². The molecule has 2 aliphatic rings. The van der Waals surface area contributed by atoms with Crippen molar-refractivity contribution in [3.8, 4) is 17.6 Å². The molecule has 0 aromatic heterocycles. The second-order valence-electron chi connectivity index (χ2n) is 13.4. The number of carbonyl (C=O) groups excluding carboxylic acids is 3. The van der Waals surface area contributed by atoms with E-state index in [9.17, 15) is 23.9 Å². The van der Waals surface area contributed by atoms with Crippen LogP contribution in [0.25, 0.3) is 0 Å². The Labute approximate surface area is 373 Å². The number of oxime groups is 1. The topological polar surface area (TPSA) is 172 Å². The molecule has 0 spiro atoms. The smallest absolute Gasteiger partial charge is 0.341 e. The summed E-state index contributed by atoms with van der Waals surface area (Å²) in [7, 11) is 1.61. The lowest BCUT2D eigenvalue weighted by atomic mass is 9.82. The number of benzene rings is 5. The number of anilines is 2. The average molecular weight is 921 g/mol. The fourth-order valence-electron chi connectivity index (χ4n) is 6.28. The number of nitrogens with zero attached hydrogens (tertiary/aromatic N) is 4. The van der Waals surface area contributed by atoms with E-state index < -0.39 is 34.1 Å². The van der Waals surface area contributed by atoms with E-state index in [1.165, 1.54) is 25.1 Å². The number of hydrogen-bond acceptors (Lipinski definition) is 10. The number of aryl methyl sites for hydroxylation is 1.